The topological polar surface area (TPSA) is 176 Å². The zero-order chi connectivity index (χ0) is 34.1. The standard InChI is InChI=1S/C33H35N5O8S2/c1-3-21-17-33(21,32(42)37-48(43,44)25-10-11-25)36-31(41)27-16-24(19-38(27)30(40)15-22-6-4-8-29(39)35-22)46-34-18-20-14-23(45-2)9-12-26(20)28-7-5-13-47-28/h3-9,12-14,18,21,24-25,27H,1,10-11,15-17,19H2,2H3,(H,35,39)(H,36,41)(H,37,42)/b34-18+/t21-,24?,27?,33+/m1/s1. The number of nitrogens with zero attached hydrogens (tertiary/aromatic N) is 2. The Balaban J connectivity index is 1.21. The predicted octanol–water partition coefficient (Wildman–Crippen LogP) is 2.34. The number of methoxy groups -OCH3 is 1. The first kappa shape index (κ1) is 33.2. The average molecular weight is 694 g/mol. The van der Waals surface area contributed by atoms with Crippen LogP contribution in [0.3, 0.4) is 0 Å². The van der Waals surface area contributed by atoms with Crippen molar-refractivity contribution in [3.63, 3.8) is 0 Å². The number of thiophene rings is 1. The first-order valence-corrected chi connectivity index (χ1v) is 17.8. The lowest BCUT2D eigenvalue weighted by atomic mass is 10.1. The summed E-state index contributed by atoms with van der Waals surface area (Å²) in [6.45, 7) is 3.73. The Labute approximate surface area is 281 Å². The maximum absolute atomic E-state index is 13.9. The molecule has 3 fully saturated rings. The zero-order valence-electron chi connectivity index (χ0n) is 26.1. The summed E-state index contributed by atoms with van der Waals surface area (Å²) >= 11 is 1.57. The molecule has 1 aliphatic heterocycles. The molecule has 0 bridgehead atoms. The number of carbonyl (C=O) groups excluding carboxylic acids is 3. The van der Waals surface area contributed by atoms with E-state index in [2.05, 4.69) is 26.8 Å². The summed E-state index contributed by atoms with van der Waals surface area (Å²) in [5.41, 5.74) is 0.141. The van der Waals surface area contributed by atoms with E-state index in [0.717, 1.165) is 16.0 Å². The van der Waals surface area contributed by atoms with E-state index in [4.69, 9.17) is 9.57 Å². The number of sulfonamides is 1. The van der Waals surface area contributed by atoms with E-state index in [-0.39, 0.29) is 31.4 Å². The van der Waals surface area contributed by atoms with E-state index >= 15 is 0 Å². The Morgan fingerprint density at radius 1 is 1.19 bits per heavy atom. The molecule has 3 aliphatic rings. The lowest BCUT2D eigenvalue weighted by molar-refractivity contribution is -0.139. The second-order valence-corrected chi connectivity index (χ2v) is 15.0. The van der Waals surface area contributed by atoms with Crippen LogP contribution < -0.4 is 20.3 Å². The fourth-order valence-corrected chi connectivity index (χ4v) is 8.02. The second kappa shape index (κ2) is 13.4. The van der Waals surface area contributed by atoms with Crippen molar-refractivity contribution in [1.29, 1.82) is 0 Å². The number of likely N-dealkylation sites (tertiary alicyclic amines) is 1. The summed E-state index contributed by atoms with van der Waals surface area (Å²) in [4.78, 5) is 63.4. The molecule has 6 rings (SSSR count). The van der Waals surface area contributed by atoms with Gasteiger partial charge in [0.15, 0.2) is 0 Å². The molecule has 2 aromatic heterocycles. The van der Waals surface area contributed by atoms with E-state index in [1.807, 2.05) is 35.7 Å². The number of H-pyrrole nitrogens is 1. The van der Waals surface area contributed by atoms with E-state index in [9.17, 15) is 27.6 Å². The largest absolute Gasteiger partial charge is 0.497 e. The van der Waals surface area contributed by atoms with Gasteiger partial charge in [-0.3, -0.25) is 23.9 Å². The second-order valence-electron chi connectivity index (χ2n) is 12.1. The normalized spacial score (nSPS) is 23.4. The molecule has 4 atom stereocenters. The monoisotopic (exact) mass is 693 g/mol. The number of oxime groups is 1. The molecule has 0 radical (unpaired) electrons. The van der Waals surface area contributed by atoms with Crippen LogP contribution in [-0.4, -0.2) is 78.8 Å². The Morgan fingerprint density at radius 3 is 2.67 bits per heavy atom. The number of aromatic amines is 1. The fourth-order valence-electron chi connectivity index (χ4n) is 5.88. The number of hydrogen-bond donors (Lipinski definition) is 3. The van der Waals surface area contributed by atoms with Gasteiger partial charge in [0.05, 0.1) is 31.5 Å². The summed E-state index contributed by atoms with van der Waals surface area (Å²) in [6.07, 6.45) is 3.31. The zero-order valence-corrected chi connectivity index (χ0v) is 27.7. The number of benzene rings is 1. The Bertz CT molecular complexity index is 1920. The molecule has 252 valence electrons. The summed E-state index contributed by atoms with van der Waals surface area (Å²) in [6, 6.07) is 12.9. The molecule has 3 heterocycles. The molecule has 15 heteroatoms. The van der Waals surface area contributed by atoms with Gasteiger partial charge in [0.25, 0.3) is 5.91 Å². The van der Waals surface area contributed by atoms with Crippen LogP contribution in [0.4, 0.5) is 0 Å². The summed E-state index contributed by atoms with van der Waals surface area (Å²) < 4.78 is 32.6. The SMILES string of the molecule is C=C[C@@H]1C[C@@]1(NC(=O)C1CC(O/N=C/c2cc(OC)ccc2-c2cccs2)CN1C(=O)Cc1cccc(=O)[nH]1)C(=O)NS(=O)(=O)C1CC1. The molecule has 2 unspecified atom stereocenters. The molecule has 13 nitrogen and oxygen atoms in total. The molecule has 3 amide bonds. The molecule has 48 heavy (non-hydrogen) atoms. The van der Waals surface area contributed by atoms with Gasteiger partial charge in [-0.25, -0.2) is 8.42 Å². The van der Waals surface area contributed by atoms with Crippen LogP contribution in [-0.2, 0) is 35.7 Å². The van der Waals surface area contributed by atoms with Crippen molar-refractivity contribution >= 4 is 45.3 Å². The highest BCUT2D eigenvalue weighted by molar-refractivity contribution is 7.91. The molecule has 1 saturated heterocycles. The van der Waals surface area contributed by atoms with Gasteiger partial charge in [0.1, 0.15) is 23.4 Å². The molecule has 2 aliphatic carbocycles. The summed E-state index contributed by atoms with van der Waals surface area (Å²) in [5, 5.41) is 8.30. The third-order valence-electron chi connectivity index (χ3n) is 8.75. The van der Waals surface area contributed by atoms with Crippen LogP contribution >= 0.6 is 11.3 Å². The Morgan fingerprint density at radius 2 is 2.00 bits per heavy atom. The van der Waals surface area contributed by atoms with E-state index < -0.39 is 56.6 Å². The average Bonchev–Trinajstić information content (AvgIpc) is 3.93. The molecule has 1 aromatic carbocycles. The first-order valence-electron chi connectivity index (χ1n) is 15.4. The number of ether oxygens (including phenoxy) is 1. The van der Waals surface area contributed by atoms with Gasteiger partial charge in [-0.05, 0) is 55.0 Å². The van der Waals surface area contributed by atoms with Gasteiger partial charge in [-0.2, -0.15) is 0 Å². The molecule has 2 saturated carbocycles. The molecule has 0 spiro atoms. The van der Waals surface area contributed by atoms with Crippen molar-refractivity contribution in [3.8, 4) is 16.2 Å². The minimum atomic E-state index is -3.86. The number of rotatable bonds is 13. The van der Waals surface area contributed by atoms with Gasteiger partial charge >= 0.3 is 0 Å². The van der Waals surface area contributed by atoms with Crippen molar-refractivity contribution in [3.05, 3.63) is 88.2 Å². The van der Waals surface area contributed by atoms with Crippen LogP contribution in [0.15, 0.2) is 76.5 Å². The van der Waals surface area contributed by atoms with Gasteiger partial charge in [0, 0.05) is 40.1 Å². The number of aromatic nitrogens is 1. The first-order chi connectivity index (χ1) is 23.0. The molecular weight excluding hydrogens is 659 g/mol. The highest BCUT2D eigenvalue weighted by Crippen LogP contribution is 2.45. The Kier molecular flexibility index (Phi) is 9.25. The quantitative estimate of drug-likeness (QED) is 0.139. The maximum atomic E-state index is 13.9. The minimum Gasteiger partial charge on any atom is -0.497 e. The van der Waals surface area contributed by atoms with Crippen molar-refractivity contribution in [2.75, 3.05) is 13.7 Å². The van der Waals surface area contributed by atoms with Gasteiger partial charge in [0.2, 0.25) is 27.4 Å². The number of hydrogen-bond acceptors (Lipinski definition) is 10. The molecule has 3 aromatic rings. The van der Waals surface area contributed by atoms with E-state index in [1.54, 1.807) is 30.7 Å². The summed E-state index contributed by atoms with van der Waals surface area (Å²) in [7, 11) is -2.30. The van der Waals surface area contributed by atoms with Crippen molar-refractivity contribution in [2.45, 2.75) is 55.0 Å². The highest BCUT2D eigenvalue weighted by Gasteiger charge is 2.61. The van der Waals surface area contributed by atoms with E-state index in [0.29, 0.717) is 24.3 Å². The lowest BCUT2D eigenvalue weighted by Gasteiger charge is -2.26. The predicted molar refractivity (Wildman–Crippen MR) is 179 cm³/mol. The number of nitrogens with one attached hydrogen (secondary N) is 3. The fraction of sp³-hybridized carbons (Fsp3) is 0.364. The van der Waals surface area contributed by atoms with Gasteiger partial charge in [-0.15, -0.1) is 17.9 Å². The van der Waals surface area contributed by atoms with Crippen molar-refractivity contribution in [1.82, 2.24) is 19.9 Å². The van der Waals surface area contributed by atoms with Crippen molar-refractivity contribution in [2.24, 2.45) is 11.1 Å². The third-order valence-corrected chi connectivity index (χ3v) is 11.5. The smallest absolute Gasteiger partial charge is 0.259 e. The maximum Gasteiger partial charge on any atom is 0.259 e. The van der Waals surface area contributed by atoms with Crippen LogP contribution in [0.5, 0.6) is 5.75 Å². The third kappa shape index (κ3) is 7.06. The van der Waals surface area contributed by atoms with Crippen LogP contribution in [0.25, 0.3) is 10.4 Å². The molecular formula is C33H35N5O8S2. The highest BCUT2D eigenvalue weighted by atomic mass is 32.2. The lowest BCUT2D eigenvalue weighted by Crippen LogP contribution is -2.56. The minimum absolute atomic E-state index is 0.00135. The van der Waals surface area contributed by atoms with Crippen LogP contribution in [0.2, 0.25) is 0 Å². The number of carbonyl (C=O) groups is 3. The van der Waals surface area contributed by atoms with Gasteiger partial charge < -0.3 is 24.8 Å². The van der Waals surface area contributed by atoms with Crippen LogP contribution in [0.1, 0.15) is 36.9 Å². The Hall–Kier alpha value is -4.76. The van der Waals surface area contributed by atoms with Gasteiger partial charge in [-0.1, -0.05) is 23.4 Å². The molecule has 3 N–H and O–H groups in total. The number of pyridine rings is 1. The summed E-state index contributed by atoms with van der Waals surface area (Å²) in [5.74, 6) is -1.79. The van der Waals surface area contributed by atoms with Crippen molar-refractivity contribution < 1.29 is 32.4 Å². The van der Waals surface area contributed by atoms with Crippen LogP contribution in [0, 0.1) is 5.92 Å². The number of amides is 3. The van der Waals surface area contributed by atoms with E-state index in [1.165, 1.54) is 23.1 Å².